The van der Waals surface area contributed by atoms with Crippen molar-refractivity contribution in [2.24, 2.45) is 0 Å². The van der Waals surface area contributed by atoms with Crippen molar-refractivity contribution in [3.8, 4) is 11.5 Å². The first-order chi connectivity index (χ1) is 13.4. The number of hydrogen-bond acceptors (Lipinski definition) is 5. The van der Waals surface area contributed by atoms with Crippen LogP contribution in [0.4, 0.5) is 5.69 Å². The van der Waals surface area contributed by atoms with Crippen LogP contribution in [0.2, 0.25) is 0 Å². The topological polar surface area (TPSA) is 67.9 Å². The minimum atomic E-state index is -3.76. The zero-order chi connectivity index (χ0) is 20.3. The van der Waals surface area contributed by atoms with Crippen LogP contribution in [0.25, 0.3) is 10.8 Å². The van der Waals surface area contributed by atoms with E-state index in [0.29, 0.717) is 22.4 Å². The lowest BCUT2D eigenvalue weighted by atomic mass is 10.1. The van der Waals surface area contributed by atoms with E-state index < -0.39 is 10.0 Å². The van der Waals surface area contributed by atoms with E-state index in [1.807, 2.05) is 43.3 Å². The van der Waals surface area contributed by atoms with Crippen LogP contribution in [0.5, 0.6) is 11.5 Å². The summed E-state index contributed by atoms with van der Waals surface area (Å²) in [4.78, 5) is 2.20. The molecule has 28 heavy (non-hydrogen) atoms. The molecule has 0 unspecified atom stereocenters. The molecule has 0 saturated carbocycles. The third-order valence-electron chi connectivity index (χ3n) is 4.60. The average Bonchev–Trinajstić information content (AvgIpc) is 2.70. The van der Waals surface area contributed by atoms with Gasteiger partial charge in [-0.2, -0.15) is 0 Å². The van der Waals surface area contributed by atoms with Gasteiger partial charge >= 0.3 is 0 Å². The average molecular weight is 401 g/mol. The summed E-state index contributed by atoms with van der Waals surface area (Å²) in [5.41, 5.74) is 1.60. The van der Waals surface area contributed by atoms with Crippen LogP contribution in [0.3, 0.4) is 0 Å². The summed E-state index contributed by atoms with van der Waals surface area (Å²) in [6.45, 7) is 0.0548. The molecule has 0 atom stereocenters. The van der Waals surface area contributed by atoms with E-state index in [4.69, 9.17) is 9.47 Å². The van der Waals surface area contributed by atoms with Crippen LogP contribution in [0.1, 0.15) is 5.56 Å². The number of anilines is 1. The SMILES string of the molecule is COc1cccc(OC)c1CNS(=O)(=O)c1cccc2c(N(C)C)cccc12. The van der Waals surface area contributed by atoms with Gasteiger partial charge in [-0.25, -0.2) is 13.1 Å². The molecule has 3 aromatic rings. The van der Waals surface area contributed by atoms with Gasteiger partial charge in [0.15, 0.2) is 0 Å². The predicted octanol–water partition coefficient (Wildman–Crippen LogP) is 3.40. The molecule has 148 valence electrons. The Balaban J connectivity index is 2.01. The van der Waals surface area contributed by atoms with Gasteiger partial charge in [-0.15, -0.1) is 0 Å². The summed E-state index contributed by atoms with van der Waals surface area (Å²) >= 11 is 0. The third-order valence-corrected chi connectivity index (χ3v) is 6.06. The quantitative estimate of drug-likeness (QED) is 0.658. The molecule has 3 rings (SSSR count). The standard InChI is InChI=1S/C21H24N2O4S/c1-23(2)18-10-5-9-16-15(18)8-6-13-21(16)28(24,25)22-14-17-19(26-3)11-7-12-20(17)27-4/h5-13,22H,14H2,1-4H3. The Morgan fingerprint density at radius 1 is 0.857 bits per heavy atom. The third kappa shape index (κ3) is 3.76. The van der Waals surface area contributed by atoms with Gasteiger partial charge in [0.2, 0.25) is 10.0 Å². The van der Waals surface area contributed by atoms with Crippen molar-refractivity contribution in [1.29, 1.82) is 0 Å². The van der Waals surface area contributed by atoms with Crippen molar-refractivity contribution < 1.29 is 17.9 Å². The van der Waals surface area contributed by atoms with E-state index in [2.05, 4.69) is 4.72 Å². The van der Waals surface area contributed by atoms with Crippen LogP contribution < -0.4 is 19.1 Å². The van der Waals surface area contributed by atoms with Crippen LogP contribution in [-0.2, 0) is 16.6 Å². The van der Waals surface area contributed by atoms with Crippen LogP contribution >= 0.6 is 0 Å². The molecule has 0 radical (unpaired) electrons. The number of ether oxygens (including phenoxy) is 2. The highest BCUT2D eigenvalue weighted by Gasteiger charge is 2.20. The molecule has 0 bridgehead atoms. The lowest BCUT2D eigenvalue weighted by Crippen LogP contribution is -2.24. The van der Waals surface area contributed by atoms with E-state index in [9.17, 15) is 8.42 Å². The first-order valence-corrected chi connectivity index (χ1v) is 10.3. The number of nitrogens with zero attached hydrogens (tertiary/aromatic N) is 1. The molecule has 7 heteroatoms. The molecule has 0 fully saturated rings. The van der Waals surface area contributed by atoms with Crippen molar-refractivity contribution in [3.05, 3.63) is 60.2 Å². The maximum atomic E-state index is 13.1. The molecule has 0 saturated heterocycles. The van der Waals surface area contributed by atoms with Gasteiger partial charge in [0.25, 0.3) is 0 Å². The summed E-state index contributed by atoms with van der Waals surface area (Å²) in [5, 5.41) is 1.55. The highest BCUT2D eigenvalue weighted by atomic mass is 32.2. The van der Waals surface area contributed by atoms with Gasteiger partial charge < -0.3 is 14.4 Å². The lowest BCUT2D eigenvalue weighted by Gasteiger charge is -2.17. The number of nitrogens with one attached hydrogen (secondary N) is 1. The molecule has 0 aliphatic heterocycles. The number of rotatable bonds is 7. The maximum Gasteiger partial charge on any atom is 0.241 e. The fourth-order valence-electron chi connectivity index (χ4n) is 3.24. The Morgan fingerprint density at radius 2 is 1.43 bits per heavy atom. The minimum Gasteiger partial charge on any atom is -0.496 e. The summed E-state index contributed by atoms with van der Waals surface area (Å²) < 4.78 is 39.6. The molecule has 0 spiro atoms. The second kappa shape index (κ2) is 8.08. The minimum absolute atomic E-state index is 0.0548. The Morgan fingerprint density at radius 3 is 2.04 bits per heavy atom. The van der Waals surface area contributed by atoms with Crippen molar-refractivity contribution in [2.45, 2.75) is 11.4 Å². The second-order valence-electron chi connectivity index (χ2n) is 6.49. The summed E-state index contributed by atoms with van der Waals surface area (Å²) in [6.07, 6.45) is 0. The van der Waals surface area contributed by atoms with E-state index in [-0.39, 0.29) is 11.4 Å². The number of sulfonamides is 1. The molecule has 0 aliphatic carbocycles. The smallest absolute Gasteiger partial charge is 0.241 e. The lowest BCUT2D eigenvalue weighted by molar-refractivity contribution is 0.384. The Bertz CT molecular complexity index is 1070. The summed E-state index contributed by atoms with van der Waals surface area (Å²) in [7, 11) is 3.19. The van der Waals surface area contributed by atoms with Gasteiger partial charge in [-0.05, 0) is 24.3 Å². The molecule has 0 aromatic heterocycles. The number of hydrogen-bond donors (Lipinski definition) is 1. The van der Waals surface area contributed by atoms with E-state index in [1.54, 1.807) is 44.6 Å². The predicted molar refractivity (Wildman–Crippen MR) is 112 cm³/mol. The van der Waals surface area contributed by atoms with Gasteiger partial charge in [0.1, 0.15) is 11.5 Å². The number of fused-ring (bicyclic) bond motifs is 1. The van der Waals surface area contributed by atoms with Crippen molar-refractivity contribution >= 4 is 26.5 Å². The summed E-state index contributed by atoms with van der Waals surface area (Å²) in [6, 6.07) is 16.3. The normalized spacial score (nSPS) is 11.4. The molecule has 0 heterocycles. The van der Waals surface area contributed by atoms with Crippen molar-refractivity contribution in [2.75, 3.05) is 33.2 Å². The van der Waals surface area contributed by atoms with Crippen molar-refractivity contribution in [1.82, 2.24) is 4.72 Å². The first-order valence-electron chi connectivity index (χ1n) is 8.77. The van der Waals surface area contributed by atoms with E-state index in [0.717, 1.165) is 11.1 Å². The van der Waals surface area contributed by atoms with Gasteiger partial charge in [0.05, 0.1) is 24.7 Å². The zero-order valence-electron chi connectivity index (χ0n) is 16.4. The van der Waals surface area contributed by atoms with E-state index in [1.165, 1.54) is 0 Å². The molecule has 6 nitrogen and oxygen atoms in total. The molecule has 0 amide bonds. The van der Waals surface area contributed by atoms with Crippen molar-refractivity contribution in [3.63, 3.8) is 0 Å². The number of methoxy groups -OCH3 is 2. The maximum absolute atomic E-state index is 13.1. The zero-order valence-corrected chi connectivity index (χ0v) is 17.2. The number of benzene rings is 3. The van der Waals surface area contributed by atoms with Crippen LogP contribution in [-0.4, -0.2) is 36.7 Å². The molecule has 0 aliphatic rings. The molecular weight excluding hydrogens is 376 g/mol. The van der Waals surface area contributed by atoms with Gasteiger partial charge in [-0.3, -0.25) is 0 Å². The highest BCUT2D eigenvalue weighted by Crippen LogP contribution is 2.31. The molecule has 3 aromatic carbocycles. The molecular formula is C21H24N2O4S. The monoisotopic (exact) mass is 400 g/mol. The summed E-state index contributed by atoms with van der Waals surface area (Å²) in [5.74, 6) is 1.13. The van der Waals surface area contributed by atoms with Gasteiger partial charge in [-0.1, -0.05) is 30.3 Å². The van der Waals surface area contributed by atoms with Crippen LogP contribution in [0, 0.1) is 0 Å². The fourth-order valence-corrected chi connectivity index (χ4v) is 4.45. The fraction of sp³-hybridized carbons (Fsp3) is 0.238. The second-order valence-corrected chi connectivity index (χ2v) is 8.22. The Kier molecular flexibility index (Phi) is 5.76. The van der Waals surface area contributed by atoms with E-state index >= 15 is 0 Å². The first kappa shape index (κ1) is 20.0. The van der Waals surface area contributed by atoms with Crippen LogP contribution in [0.15, 0.2) is 59.5 Å². The molecule has 1 N–H and O–H groups in total. The Labute approximate surface area is 165 Å². The Hall–Kier alpha value is -2.77. The highest BCUT2D eigenvalue weighted by molar-refractivity contribution is 7.89. The van der Waals surface area contributed by atoms with Gasteiger partial charge in [0, 0.05) is 37.1 Å². The largest absolute Gasteiger partial charge is 0.496 e.